The minimum atomic E-state index is 0.277. The minimum absolute atomic E-state index is 0.277. The quantitative estimate of drug-likeness (QED) is 0.443. The Bertz CT molecular complexity index is 736. The Labute approximate surface area is 142 Å². The van der Waals surface area contributed by atoms with Crippen molar-refractivity contribution in [1.82, 2.24) is 9.55 Å². The van der Waals surface area contributed by atoms with Crippen molar-refractivity contribution in [2.24, 2.45) is 0 Å². The Morgan fingerprint density at radius 1 is 1.38 bits per heavy atom. The molecule has 1 aromatic carbocycles. The van der Waals surface area contributed by atoms with E-state index in [2.05, 4.69) is 52.3 Å². The molecule has 110 valence electrons. The second-order valence-corrected chi connectivity index (χ2v) is 6.73. The number of halogens is 2. The van der Waals surface area contributed by atoms with Crippen molar-refractivity contribution in [2.45, 2.75) is 25.8 Å². The molecule has 0 bridgehead atoms. The molecule has 0 saturated heterocycles. The number of imidazole rings is 1. The van der Waals surface area contributed by atoms with Gasteiger partial charge in [-0.25, -0.2) is 4.98 Å². The van der Waals surface area contributed by atoms with Crippen molar-refractivity contribution in [3.63, 3.8) is 0 Å². The summed E-state index contributed by atoms with van der Waals surface area (Å²) in [4.78, 5) is 4.76. The molecule has 3 aromatic rings. The van der Waals surface area contributed by atoms with Crippen molar-refractivity contribution in [3.8, 4) is 0 Å². The fraction of sp³-hybridized carbons (Fsp3) is 0.312. The van der Waals surface area contributed by atoms with Gasteiger partial charge in [0.25, 0.3) is 0 Å². The van der Waals surface area contributed by atoms with Crippen LogP contribution in [0.5, 0.6) is 0 Å². The van der Waals surface area contributed by atoms with E-state index in [1.807, 2.05) is 12.1 Å². The number of fused-ring (bicyclic) bond motifs is 1. The SMILES string of the molecule is CC(Cc1ccco1)n1c(CCCl)nc2cc(I)ccc21. The maximum absolute atomic E-state index is 5.94. The van der Waals surface area contributed by atoms with Crippen LogP contribution in [0.1, 0.15) is 24.6 Å². The van der Waals surface area contributed by atoms with Gasteiger partial charge >= 0.3 is 0 Å². The normalized spacial score (nSPS) is 12.9. The molecule has 1 atom stereocenters. The number of nitrogens with zero attached hydrogens (tertiary/aromatic N) is 2. The zero-order chi connectivity index (χ0) is 14.8. The van der Waals surface area contributed by atoms with Gasteiger partial charge in [-0.3, -0.25) is 0 Å². The van der Waals surface area contributed by atoms with Gasteiger partial charge in [0.05, 0.1) is 17.3 Å². The lowest BCUT2D eigenvalue weighted by Gasteiger charge is -2.16. The predicted molar refractivity (Wildman–Crippen MR) is 94.0 cm³/mol. The molecule has 2 aromatic heterocycles. The maximum Gasteiger partial charge on any atom is 0.111 e. The number of hydrogen-bond acceptors (Lipinski definition) is 2. The predicted octanol–water partition coefficient (Wildman–Crippen LogP) is 4.82. The van der Waals surface area contributed by atoms with Crippen LogP contribution < -0.4 is 0 Å². The lowest BCUT2D eigenvalue weighted by atomic mass is 10.1. The average molecular weight is 415 g/mol. The van der Waals surface area contributed by atoms with Crippen molar-refractivity contribution in [2.75, 3.05) is 5.88 Å². The highest BCUT2D eigenvalue weighted by atomic mass is 127. The topological polar surface area (TPSA) is 31.0 Å². The van der Waals surface area contributed by atoms with E-state index >= 15 is 0 Å². The number of furan rings is 1. The summed E-state index contributed by atoms with van der Waals surface area (Å²) in [7, 11) is 0. The van der Waals surface area contributed by atoms with Crippen molar-refractivity contribution < 1.29 is 4.42 Å². The third-order valence-corrected chi connectivity index (χ3v) is 4.42. The van der Waals surface area contributed by atoms with E-state index in [-0.39, 0.29) is 6.04 Å². The van der Waals surface area contributed by atoms with Crippen LogP contribution in [0.25, 0.3) is 11.0 Å². The number of rotatable bonds is 5. The molecular formula is C16H16ClIN2O. The van der Waals surface area contributed by atoms with Gasteiger partial charge in [-0.15, -0.1) is 11.6 Å². The first-order chi connectivity index (χ1) is 10.2. The molecule has 3 nitrogen and oxygen atoms in total. The van der Waals surface area contributed by atoms with Crippen LogP contribution in [0.3, 0.4) is 0 Å². The third-order valence-electron chi connectivity index (χ3n) is 3.56. The van der Waals surface area contributed by atoms with E-state index in [4.69, 9.17) is 21.0 Å². The van der Waals surface area contributed by atoms with Gasteiger partial charge in [0.1, 0.15) is 11.6 Å². The smallest absolute Gasteiger partial charge is 0.111 e. The molecule has 3 rings (SSSR count). The first-order valence-corrected chi connectivity index (χ1v) is 8.55. The van der Waals surface area contributed by atoms with Gasteiger partial charge < -0.3 is 8.98 Å². The van der Waals surface area contributed by atoms with Gasteiger partial charge in [-0.1, -0.05) is 0 Å². The number of alkyl halides is 1. The Morgan fingerprint density at radius 2 is 2.24 bits per heavy atom. The second-order valence-electron chi connectivity index (χ2n) is 5.10. The standard InChI is InChI=1S/C16H16ClIN2O/c1-11(9-13-3-2-8-21-13)20-15-5-4-12(18)10-14(15)19-16(20)6-7-17/h2-5,8,10-11H,6-7,9H2,1H3. The Morgan fingerprint density at radius 3 is 2.95 bits per heavy atom. The highest BCUT2D eigenvalue weighted by Gasteiger charge is 2.17. The molecule has 0 aliphatic heterocycles. The van der Waals surface area contributed by atoms with Gasteiger partial charge in [0.15, 0.2) is 0 Å². The third kappa shape index (κ3) is 3.11. The van der Waals surface area contributed by atoms with Gasteiger partial charge in [-0.2, -0.15) is 0 Å². The summed E-state index contributed by atoms with van der Waals surface area (Å²) in [6.07, 6.45) is 3.34. The van der Waals surface area contributed by atoms with Gasteiger partial charge in [0, 0.05) is 28.3 Å². The fourth-order valence-electron chi connectivity index (χ4n) is 2.69. The summed E-state index contributed by atoms with van der Waals surface area (Å²) in [5, 5.41) is 0. The lowest BCUT2D eigenvalue weighted by Crippen LogP contribution is -2.12. The summed E-state index contributed by atoms with van der Waals surface area (Å²) >= 11 is 8.26. The molecule has 0 amide bonds. The number of hydrogen-bond donors (Lipinski definition) is 0. The minimum Gasteiger partial charge on any atom is -0.469 e. The molecule has 0 fully saturated rings. The Hall–Kier alpha value is -1.01. The molecule has 0 spiro atoms. The molecule has 0 aliphatic carbocycles. The van der Waals surface area contributed by atoms with Crippen LogP contribution >= 0.6 is 34.2 Å². The molecule has 0 N–H and O–H groups in total. The van der Waals surface area contributed by atoms with Crippen LogP contribution in [-0.4, -0.2) is 15.4 Å². The number of benzene rings is 1. The summed E-state index contributed by atoms with van der Waals surface area (Å²) in [6, 6.07) is 10.6. The Kier molecular flexibility index (Phi) is 4.54. The van der Waals surface area contributed by atoms with Crippen LogP contribution in [0.15, 0.2) is 41.0 Å². The monoisotopic (exact) mass is 414 g/mol. The highest BCUT2D eigenvalue weighted by molar-refractivity contribution is 14.1. The lowest BCUT2D eigenvalue weighted by molar-refractivity contribution is 0.447. The van der Waals surface area contributed by atoms with Gasteiger partial charge in [-0.05, 0) is 59.8 Å². The average Bonchev–Trinajstić information content (AvgIpc) is 3.05. The summed E-state index contributed by atoms with van der Waals surface area (Å²) in [5.41, 5.74) is 2.20. The molecular weight excluding hydrogens is 399 g/mol. The number of aromatic nitrogens is 2. The molecule has 0 radical (unpaired) electrons. The van der Waals surface area contributed by atoms with E-state index in [1.54, 1.807) is 6.26 Å². The van der Waals surface area contributed by atoms with E-state index in [0.717, 1.165) is 35.5 Å². The first kappa shape index (κ1) is 14.9. The Balaban J connectivity index is 2.03. The summed E-state index contributed by atoms with van der Waals surface area (Å²) in [6.45, 7) is 2.19. The van der Waals surface area contributed by atoms with Crippen LogP contribution in [0, 0.1) is 3.57 Å². The van der Waals surface area contributed by atoms with E-state index in [1.165, 1.54) is 3.57 Å². The van der Waals surface area contributed by atoms with Crippen molar-refractivity contribution in [1.29, 1.82) is 0 Å². The summed E-state index contributed by atoms with van der Waals surface area (Å²) in [5.74, 6) is 2.61. The van der Waals surface area contributed by atoms with Crippen LogP contribution in [0.4, 0.5) is 0 Å². The zero-order valence-corrected chi connectivity index (χ0v) is 14.6. The van der Waals surface area contributed by atoms with Crippen molar-refractivity contribution >= 4 is 45.2 Å². The molecule has 21 heavy (non-hydrogen) atoms. The van der Waals surface area contributed by atoms with Crippen molar-refractivity contribution in [3.05, 3.63) is 51.7 Å². The summed E-state index contributed by atoms with van der Waals surface area (Å²) < 4.78 is 8.96. The zero-order valence-electron chi connectivity index (χ0n) is 11.7. The largest absolute Gasteiger partial charge is 0.469 e. The van der Waals surface area contributed by atoms with E-state index < -0.39 is 0 Å². The van der Waals surface area contributed by atoms with E-state index in [9.17, 15) is 0 Å². The molecule has 5 heteroatoms. The van der Waals surface area contributed by atoms with Gasteiger partial charge in [0.2, 0.25) is 0 Å². The first-order valence-electron chi connectivity index (χ1n) is 6.93. The molecule has 0 saturated carbocycles. The van der Waals surface area contributed by atoms with Crippen LogP contribution in [-0.2, 0) is 12.8 Å². The number of aryl methyl sites for hydroxylation is 1. The molecule has 2 heterocycles. The molecule has 1 unspecified atom stereocenters. The highest BCUT2D eigenvalue weighted by Crippen LogP contribution is 2.25. The maximum atomic E-state index is 5.94. The molecule has 0 aliphatic rings. The second kappa shape index (κ2) is 6.40. The fourth-order valence-corrected chi connectivity index (χ4v) is 3.33. The van der Waals surface area contributed by atoms with Crippen LogP contribution in [0.2, 0.25) is 0 Å². The van der Waals surface area contributed by atoms with E-state index in [0.29, 0.717) is 5.88 Å².